The fourth-order valence-corrected chi connectivity index (χ4v) is 3.46. The number of anilines is 2. The largest absolute Gasteiger partial charge is 0.370 e. The molecule has 0 spiro atoms. The molecule has 0 atom stereocenters. The van der Waals surface area contributed by atoms with Gasteiger partial charge in [0.2, 0.25) is 15.9 Å². The SMILES string of the molecule is N#Cc1ccc(NC(=O)CCN2CCc3ccc(S(N)(=O)=O)cc32)cc1. The van der Waals surface area contributed by atoms with Crippen LogP contribution < -0.4 is 15.4 Å². The van der Waals surface area contributed by atoms with Crippen molar-refractivity contribution >= 4 is 27.3 Å². The molecule has 3 N–H and O–H groups in total. The number of rotatable bonds is 5. The lowest BCUT2D eigenvalue weighted by atomic mass is 10.2. The minimum absolute atomic E-state index is 0.0742. The fraction of sp³-hybridized carbons (Fsp3) is 0.222. The van der Waals surface area contributed by atoms with Crippen LogP contribution in [0.4, 0.5) is 11.4 Å². The van der Waals surface area contributed by atoms with E-state index in [1.807, 2.05) is 11.0 Å². The van der Waals surface area contributed by atoms with Gasteiger partial charge in [0.05, 0.1) is 16.5 Å². The summed E-state index contributed by atoms with van der Waals surface area (Å²) in [5.41, 5.74) is 3.02. The number of carbonyl (C=O) groups excluding carboxylic acids is 1. The van der Waals surface area contributed by atoms with Crippen LogP contribution in [0.3, 0.4) is 0 Å². The summed E-state index contributed by atoms with van der Waals surface area (Å²) in [6.07, 6.45) is 1.07. The van der Waals surface area contributed by atoms with Crippen molar-refractivity contribution in [3.8, 4) is 6.07 Å². The Morgan fingerprint density at radius 2 is 1.96 bits per heavy atom. The Bertz CT molecular complexity index is 978. The van der Waals surface area contributed by atoms with Crippen LogP contribution in [0.2, 0.25) is 0 Å². The molecule has 134 valence electrons. The van der Waals surface area contributed by atoms with E-state index in [0.29, 0.717) is 17.8 Å². The molecule has 1 heterocycles. The number of fused-ring (bicyclic) bond motifs is 1. The van der Waals surface area contributed by atoms with Crippen molar-refractivity contribution in [1.29, 1.82) is 5.26 Å². The van der Waals surface area contributed by atoms with Gasteiger partial charge in [0.15, 0.2) is 0 Å². The third-order valence-corrected chi connectivity index (χ3v) is 5.19. The smallest absolute Gasteiger partial charge is 0.238 e. The predicted octanol–water partition coefficient (Wildman–Crippen LogP) is 1.60. The Balaban J connectivity index is 1.62. The standard InChI is InChI=1S/C18H18N4O3S/c19-12-13-1-4-15(5-2-13)21-18(23)8-10-22-9-7-14-3-6-16(11-17(14)22)26(20,24)25/h1-6,11H,7-10H2,(H,21,23)(H2,20,24,25). The van der Waals surface area contributed by atoms with Gasteiger partial charge < -0.3 is 10.2 Å². The lowest BCUT2D eigenvalue weighted by molar-refractivity contribution is -0.116. The topological polar surface area (TPSA) is 116 Å². The van der Waals surface area contributed by atoms with Gasteiger partial charge in [0.1, 0.15) is 0 Å². The predicted molar refractivity (Wildman–Crippen MR) is 98.1 cm³/mol. The summed E-state index contributed by atoms with van der Waals surface area (Å²) in [4.78, 5) is 14.2. The van der Waals surface area contributed by atoms with Crippen molar-refractivity contribution < 1.29 is 13.2 Å². The third kappa shape index (κ3) is 4.02. The van der Waals surface area contributed by atoms with Gasteiger partial charge in [-0.2, -0.15) is 5.26 Å². The second kappa shape index (κ2) is 7.15. The second-order valence-corrected chi connectivity index (χ2v) is 7.62. The molecule has 7 nitrogen and oxygen atoms in total. The van der Waals surface area contributed by atoms with Gasteiger partial charge in [-0.3, -0.25) is 4.79 Å². The molecular weight excluding hydrogens is 352 g/mol. The normalized spacial score (nSPS) is 13.2. The van der Waals surface area contributed by atoms with Gasteiger partial charge in [0.25, 0.3) is 0 Å². The Kier molecular flexibility index (Phi) is 4.93. The average Bonchev–Trinajstić information content (AvgIpc) is 3.02. The lowest BCUT2D eigenvalue weighted by Gasteiger charge is -2.19. The number of nitrogens with one attached hydrogen (secondary N) is 1. The van der Waals surface area contributed by atoms with Crippen molar-refractivity contribution in [1.82, 2.24) is 0 Å². The van der Waals surface area contributed by atoms with Gasteiger partial charge in [-0.15, -0.1) is 0 Å². The maximum atomic E-state index is 12.1. The molecule has 1 aliphatic heterocycles. The van der Waals surface area contributed by atoms with Gasteiger partial charge >= 0.3 is 0 Å². The molecule has 0 saturated heterocycles. The summed E-state index contributed by atoms with van der Waals surface area (Å²) >= 11 is 0. The van der Waals surface area contributed by atoms with Gasteiger partial charge in [-0.1, -0.05) is 6.07 Å². The van der Waals surface area contributed by atoms with Crippen molar-refractivity contribution in [3.63, 3.8) is 0 Å². The number of sulfonamides is 1. The molecule has 1 amide bonds. The van der Waals surface area contributed by atoms with Crippen LogP contribution >= 0.6 is 0 Å². The molecule has 0 fully saturated rings. The Morgan fingerprint density at radius 1 is 1.23 bits per heavy atom. The fourth-order valence-electron chi connectivity index (χ4n) is 2.92. The molecular formula is C18H18N4O3S. The monoisotopic (exact) mass is 370 g/mol. The number of benzene rings is 2. The molecule has 0 bridgehead atoms. The van der Waals surface area contributed by atoms with E-state index < -0.39 is 10.0 Å². The Morgan fingerprint density at radius 3 is 2.62 bits per heavy atom. The molecule has 1 aliphatic rings. The minimum Gasteiger partial charge on any atom is -0.370 e. The van der Waals surface area contributed by atoms with Crippen LogP contribution in [0.25, 0.3) is 0 Å². The zero-order valence-corrected chi connectivity index (χ0v) is 14.8. The van der Waals surface area contributed by atoms with E-state index in [9.17, 15) is 13.2 Å². The maximum Gasteiger partial charge on any atom is 0.238 e. The number of amides is 1. The number of hydrogen-bond acceptors (Lipinski definition) is 5. The average molecular weight is 370 g/mol. The molecule has 0 saturated carbocycles. The number of hydrogen-bond donors (Lipinski definition) is 2. The van der Waals surface area contributed by atoms with E-state index in [4.69, 9.17) is 10.4 Å². The van der Waals surface area contributed by atoms with E-state index in [1.165, 1.54) is 6.07 Å². The lowest BCUT2D eigenvalue weighted by Crippen LogP contribution is -2.26. The highest BCUT2D eigenvalue weighted by Crippen LogP contribution is 2.30. The van der Waals surface area contributed by atoms with Gasteiger partial charge in [-0.05, 0) is 48.4 Å². The van der Waals surface area contributed by atoms with Gasteiger partial charge in [-0.25, -0.2) is 13.6 Å². The molecule has 2 aromatic carbocycles. The van der Waals surface area contributed by atoms with Crippen LogP contribution in [-0.4, -0.2) is 27.4 Å². The Labute approximate surface area is 152 Å². The number of nitrogens with two attached hydrogens (primary N) is 1. The summed E-state index contributed by atoms with van der Waals surface area (Å²) in [6, 6.07) is 13.5. The highest BCUT2D eigenvalue weighted by molar-refractivity contribution is 7.89. The van der Waals surface area contributed by atoms with Crippen LogP contribution in [-0.2, 0) is 21.2 Å². The van der Waals surface area contributed by atoms with Crippen LogP contribution in [0.15, 0.2) is 47.4 Å². The summed E-state index contributed by atoms with van der Waals surface area (Å²) in [5.74, 6) is -0.147. The molecule has 26 heavy (non-hydrogen) atoms. The quantitative estimate of drug-likeness (QED) is 0.829. The minimum atomic E-state index is -3.75. The second-order valence-electron chi connectivity index (χ2n) is 6.06. The number of carbonyl (C=O) groups is 1. The first-order chi connectivity index (χ1) is 12.4. The van der Waals surface area contributed by atoms with Crippen LogP contribution in [0.1, 0.15) is 17.5 Å². The van der Waals surface area contributed by atoms with E-state index in [-0.39, 0.29) is 17.2 Å². The zero-order chi connectivity index (χ0) is 18.7. The molecule has 3 rings (SSSR count). The van der Waals surface area contributed by atoms with E-state index in [0.717, 1.165) is 24.2 Å². The summed E-state index contributed by atoms with van der Waals surface area (Å²) in [6.45, 7) is 1.21. The summed E-state index contributed by atoms with van der Waals surface area (Å²) in [5, 5.41) is 16.8. The molecule has 0 aliphatic carbocycles. The van der Waals surface area contributed by atoms with Crippen molar-refractivity contribution in [2.24, 2.45) is 5.14 Å². The van der Waals surface area contributed by atoms with Crippen molar-refractivity contribution in [3.05, 3.63) is 53.6 Å². The number of primary sulfonamides is 1. The molecule has 8 heteroatoms. The van der Waals surface area contributed by atoms with Crippen LogP contribution in [0, 0.1) is 11.3 Å². The first-order valence-corrected chi connectivity index (χ1v) is 9.62. The van der Waals surface area contributed by atoms with Crippen LogP contribution in [0.5, 0.6) is 0 Å². The molecule has 0 radical (unpaired) electrons. The highest BCUT2D eigenvalue weighted by atomic mass is 32.2. The third-order valence-electron chi connectivity index (χ3n) is 4.28. The van der Waals surface area contributed by atoms with E-state index in [2.05, 4.69) is 5.32 Å². The van der Waals surface area contributed by atoms with Crippen molar-refractivity contribution in [2.75, 3.05) is 23.3 Å². The summed E-state index contributed by atoms with van der Waals surface area (Å²) < 4.78 is 23.1. The summed E-state index contributed by atoms with van der Waals surface area (Å²) in [7, 11) is -3.75. The maximum absolute atomic E-state index is 12.1. The zero-order valence-electron chi connectivity index (χ0n) is 14.0. The van der Waals surface area contributed by atoms with E-state index in [1.54, 1.807) is 36.4 Å². The molecule has 0 unspecified atom stereocenters. The molecule has 2 aromatic rings. The van der Waals surface area contributed by atoms with E-state index >= 15 is 0 Å². The first-order valence-electron chi connectivity index (χ1n) is 8.07. The van der Waals surface area contributed by atoms with Gasteiger partial charge in [0, 0.05) is 30.9 Å². The number of nitrogens with zero attached hydrogens (tertiary/aromatic N) is 2. The van der Waals surface area contributed by atoms with Crippen molar-refractivity contribution in [2.45, 2.75) is 17.7 Å². The Hall–Kier alpha value is -2.89. The first kappa shape index (κ1) is 17.9. The highest BCUT2D eigenvalue weighted by Gasteiger charge is 2.22. The number of nitriles is 1. The molecule has 0 aromatic heterocycles.